The van der Waals surface area contributed by atoms with Crippen molar-refractivity contribution < 1.29 is 28.5 Å². The van der Waals surface area contributed by atoms with Crippen LogP contribution in [0.1, 0.15) is 32.4 Å². The van der Waals surface area contributed by atoms with E-state index in [1.807, 2.05) is 6.92 Å². The van der Waals surface area contributed by atoms with Crippen molar-refractivity contribution in [3.05, 3.63) is 48.2 Å². The quantitative estimate of drug-likeness (QED) is 0.422. The highest BCUT2D eigenvalue weighted by Gasteiger charge is 2.40. The van der Waals surface area contributed by atoms with Crippen LogP contribution in [-0.2, 0) is 14.3 Å². The van der Waals surface area contributed by atoms with Crippen LogP contribution in [0.25, 0.3) is 22.6 Å². The van der Waals surface area contributed by atoms with Crippen molar-refractivity contribution in [1.82, 2.24) is 25.3 Å². The molecular formula is C24H28FN5O5. The Balaban J connectivity index is 1.62. The first-order valence-corrected chi connectivity index (χ1v) is 11.4. The molecule has 35 heavy (non-hydrogen) atoms. The molecule has 1 aromatic carbocycles. The Kier molecular flexibility index (Phi) is 7.69. The Hall–Kier alpha value is -3.41. The van der Waals surface area contributed by atoms with Crippen LogP contribution in [0.5, 0.6) is 6.01 Å². The van der Waals surface area contributed by atoms with Gasteiger partial charge in [0, 0.05) is 18.3 Å². The zero-order chi connectivity index (χ0) is 24.8. The van der Waals surface area contributed by atoms with Gasteiger partial charge >= 0.3 is 6.01 Å². The second-order valence-corrected chi connectivity index (χ2v) is 8.42. The number of amides is 1. The number of hydrogen-bond donors (Lipinski definition) is 3. The summed E-state index contributed by atoms with van der Waals surface area (Å²) in [6, 6.07) is 7.91. The van der Waals surface area contributed by atoms with E-state index in [-0.39, 0.29) is 44.1 Å². The summed E-state index contributed by atoms with van der Waals surface area (Å²) >= 11 is 0. The second-order valence-electron chi connectivity index (χ2n) is 8.42. The number of halogens is 1. The number of aliphatic hydroxyl groups is 1. The smallest absolute Gasteiger partial charge is 0.316 e. The molecule has 0 bridgehead atoms. The van der Waals surface area contributed by atoms with Crippen LogP contribution in [0.3, 0.4) is 0 Å². The summed E-state index contributed by atoms with van der Waals surface area (Å²) in [6.07, 6.45) is 1.56. The molecule has 0 spiro atoms. The summed E-state index contributed by atoms with van der Waals surface area (Å²) in [5.74, 6) is -0.245. The number of aromatic amines is 1. The predicted molar refractivity (Wildman–Crippen MR) is 124 cm³/mol. The van der Waals surface area contributed by atoms with Crippen LogP contribution in [0.15, 0.2) is 36.5 Å². The van der Waals surface area contributed by atoms with Gasteiger partial charge in [0.25, 0.3) is 0 Å². The van der Waals surface area contributed by atoms with E-state index in [2.05, 4.69) is 25.3 Å². The molecule has 1 amide bonds. The molecule has 2 aromatic heterocycles. The Morgan fingerprint density at radius 3 is 2.69 bits per heavy atom. The lowest BCUT2D eigenvalue weighted by Gasteiger charge is -2.35. The molecule has 1 aliphatic heterocycles. The number of benzene rings is 1. The molecule has 0 radical (unpaired) electrons. The van der Waals surface area contributed by atoms with Crippen LogP contribution in [0, 0.1) is 11.2 Å². The topological polar surface area (TPSA) is 131 Å². The van der Waals surface area contributed by atoms with Crippen LogP contribution in [-0.4, -0.2) is 63.9 Å². The third-order valence-electron chi connectivity index (χ3n) is 5.44. The Labute approximate surface area is 201 Å². The highest BCUT2D eigenvalue weighted by Crippen LogP contribution is 2.35. The van der Waals surface area contributed by atoms with Crippen molar-refractivity contribution in [1.29, 1.82) is 0 Å². The van der Waals surface area contributed by atoms with Crippen LogP contribution >= 0.6 is 0 Å². The van der Waals surface area contributed by atoms with E-state index in [0.29, 0.717) is 35.1 Å². The number of hydrogen-bond acceptors (Lipinski definition) is 8. The highest BCUT2D eigenvalue weighted by atomic mass is 19.1. The van der Waals surface area contributed by atoms with E-state index in [4.69, 9.17) is 19.3 Å². The summed E-state index contributed by atoms with van der Waals surface area (Å²) in [5.41, 5.74) is 1.40. The summed E-state index contributed by atoms with van der Waals surface area (Å²) in [6.45, 7) is 4.40. The number of H-pyrrole nitrogens is 1. The van der Waals surface area contributed by atoms with Gasteiger partial charge < -0.3 is 29.6 Å². The van der Waals surface area contributed by atoms with E-state index in [0.717, 1.165) is 6.42 Å². The Morgan fingerprint density at radius 1 is 1.26 bits per heavy atom. The number of carbonyl (C=O) groups is 1. The van der Waals surface area contributed by atoms with E-state index in [1.165, 1.54) is 12.1 Å². The van der Waals surface area contributed by atoms with Gasteiger partial charge in [-0.2, -0.15) is 4.98 Å². The lowest BCUT2D eigenvalue weighted by atomic mass is 9.91. The molecule has 3 heterocycles. The number of nitrogens with zero attached hydrogens (tertiary/aromatic N) is 3. The van der Waals surface area contributed by atoms with Gasteiger partial charge in [-0.15, -0.1) is 0 Å². The van der Waals surface area contributed by atoms with Gasteiger partial charge in [0.1, 0.15) is 5.82 Å². The molecule has 11 heteroatoms. The van der Waals surface area contributed by atoms with Crippen molar-refractivity contribution in [2.75, 3.05) is 33.0 Å². The lowest BCUT2D eigenvalue weighted by Crippen LogP contribution is -2.49. The second kappa shape index (κ2) is 10.9. The molecule has 1 saturated heterocycles. The molecule has 3 N–H and O–H groups in total. The summed E-state index contributed by atoms with van der Waals surface area (Å²) in [7, 11) is 0. The van der Waals surface area contributed by atoms with E-state index in [1.54, 1.807) is 31.3 Å². The molecule has 0 atom stereocenters. The maximum Gasteiger partial charge on any atom is 0.316 e. The highest BCUT2D eigenvalue weighted by molar-refractivity contribution is 5.82. The third kappa shape index (κ3) is 5.64. The SMILES string of the molecule is CCCOc1nccc(-c2[nH]c(C3OCC(C)(C(=O)NCCO)CO3)nc2-c2ccc(F)cc2)n1. The normalized spacial score (nSPS) is 19.9. The Morgan fingerprint density at radius 2 is 2.00 bits per heavy atom. The number of aromatic nitrogens is 4. The molecule has 0 unspecified atom stereocenters. The van der Waals surface area contributed by atoms with E-state index >= 15 is 0 Å². The van der Waals surface area contributed by atoms with E-state index < -0.39 is 11.7 Å². The first-order chi connectivity index (χ1) is 16.9. The molecule has 0 aliphatic carbocycles. The molecule has 4 rings (SSSR count). The number of rotatable bonds is 9. The minimum atomic E-state index is -0.904. The van der Waals surface area contributed by atoms with Crippen molar-refractivity contribution >= 4 is 5.91 Å². The minimum absolute atomic E-state index is 0.0966. The largest absolute Gasteiger partial charge is 0.463 e. The van der Waals surface area contributed by atoms with Crippen molar-refractivity contribution in [2.45, 2.75) is 26.6 Å². The third-order valence-corrected chi connectivity index (χ3v) is 5.44. The number of nitrogens with one attached hydrogen (secondary N) is 2. The number of ether oxygens (including phenoxy) is 3. The Bertz CT molecular complexity index is 1150. The minimum Gasteiger partial charge on any atom is -0.463 e. The van der Waals surface area contributed by atoms with Gasteiger partial charge in [-0.05, 0) is 43.7 Å². The van der Waals surface area contributed by atoms with Gasteiger partial charge in [-0.1, -0.05) is 6.92 Å². The van der Waals surface area contributed by atoms with Crippen molar-refractivity contribution in [2.24, 2.45) is 5.41 Å². The fraction of sp³-hybridized carbons (Fsp3) is 0.417. The summed E-state index contributed by atoms with van der Waals surface area (Å²) in [4.78, 5) is 29.0. The maximum atomic E-state index is 13.6. The average Bonchev–Trinajstić information content (AvgIpc) is 3.32. The van der Waals surface area contributed by atoms with E-state index in [9.17, 15) is 9.18 Å². The van der Waals surface area contributed by atoms with Gasteiger partial charge in [0.2, 0.25) is 12.2 Å². The first-order valence-electron chi connectivity index (χ1n) is 11.4. The van der Waals surface area contributed by atoms with Gasteiger partial charge in [-0.3, -0.25) is 4.79 Å². The molecule has 10 nitrogen and oxygen atoms in total. The number of carbonyl (C=O) groups excluding carboxylic acids is 1. The van der Waals surface area contributed by atoms with Gasteiger partial charge in [0.05, 0.1) is 48.9 Å². The maximum absolute atomic E-state index is 13.6. The monoisotopic (exact) mass is 485 g/mol. The molecular weight excluding hydrogens is 457 g/mol. The fourth-order valence-corrected chi connectivity index (χ4v) is 3.53. The van der Waals surface area contributed by atoms with Gasteiger partial charge in [-0.25, -0.2) is 14.4 Å². The predicted octanol–water partition coefficient (Wildman–Crippen LogP) is 2.62. The summed E-state index contributed by atoms with van der Waals surface area (Å²) < 4.78 is 30.8. The van der Waals surface area contributed by atoms with Gasteiger partial charge in [0.15, 0.2) is 5.82 Å². The van der Waals surface area contributed by atoms with Crippen LogP contribution in [0.4, 0.5) is 4.39 Å². The zero-order valence-electron chi connectivity index (χ0n) is 19.6. The number of imidazole rings is 1. The summed E-state index contributed by atoms with van der Waals surface area (Å²) in [5, 5.41) is 11.6. The van der Waals surface area contributed by atoms with Crippen molar-refractivity contribution in [3.8, 4) is 28.7 Å². The average molecular weight is 486 g/mol. The van der Waals surface area contributed by atoms with Crippen molar-refractivity contribution in [3.63, 3.8) is 0 Å². The molecule has 3 aromatic rings. The van der Waals surface area contributed by atoms with Crippen LogP contribution in [0.2, 0.25) is 0 Å². The molecule has 1 aliphatic rings. The number of aliphatic hydroxyl groups excluding tert-OH is 1. The molecule has 0 saturated carbocycles. The molecule has 186 valence electrons. The lowest BCUT2D eigenvalue weighted by molar-refractivity contribution is -0.231. The standard InChI is InChI=1S/C24H28FN5O5/c1-3-12-33-23-27-9-8-17(28-23)19-18(15-4-6-16(25)7-5-15)29-20(30-19)21-34-13-24(2,14-35-21)22(32)26-10-11-31/h4-9,21,31H,3,10-14H2,1-2H3,(H,26,32)(H,29,30). The first kappa shape index (κ1) is 24.7. The molecule has 1 fully saturated rings. The van der Waals surface area contributed by atoms with Crippen LogP contribution < -0.4 is 10.1 Å². The zero-order valence-corrected chi connectivity index (χ0v) is 19.6. The fourth-order valence-electron chi connectivity index (χ4n) is 3.53.